The predicted molar refractivity (Wildman–Crippen MR) is 76.3 cm³/mol. The molecular formula is C12H12BrN3O3S. The Balaban J connectivity index is 1.65. The van der Waals surface area contributed by atoms with Gasteiger partial charge in [-0.1, -0.05) is 5.16 Å². The van der Waals surface area contributed by atoms with Crippen molar-refractivity contribution in [2.75, 3.05) is 13.1 Å². The van der Waals surface area contributed by atoms with Crippen LogP contribution in [0.15, 0.2) is 20.4 Å². The number of likely N-dealkylation sites (tertiary alicyclic amines) is 1. The molecule has 0 aliphatic carbocycles. The molecule has 1 unspecified atom stereocenters. The number of rotatable bonds is 4. The van der Waals surface area contributed by atoms with Gasteiger partial charge in [0.05, 0.1) is 21.1 Å². The lowest BCUT2D eigenvalue weighted by Gasteiger charge is -2.11. The smallest absolute Gasteiger partial charge is 0.307 e. The number of carboxylic acids is 1. The van der Waals surface area contributed by atoms with Crippen molar-refractivity contribution in [2.24, 2.45) is 5.92 Å². The Bertz CT molecular complexity index is 627. The van der Waals surface area contributed by atoms with Crippen LogP contribution in [0.3, 0.4) is 0 Å². The Morgan fingerprint density at radius 2 is 2.45 bits per heavy atom. The molecule has 0 radical (unpaired) electrons. The van der Waals surface area contributed by atoms with Crippen LogP contribution in [-0.4, -0.2) is 39.2 Å². The summed E-state index contributed by atoms with van der Waals surface area (Å²) < 4.78 is 6.24. The summed E-state index contributed by atoms with van der Waals surface area (Å²) in [6.45, 7) is 1.79. The van der Waals surface area contributed by atoms with E-state index in [9.17, 15) is 4.79 Å². The maximum absolute atomic E-state index is 10.9. The van der Waals surface area contributed by atoms with E-state index in [1.807, 2.05) is 17.0 Å². The SMILES string of the molecule is O=C(O)C1CCN(Cc2nc(-c3ccc(Br)s3)no2)C1. The second-order valence-electron chi connectivity index (χ2n) is 4.67. The Kier molecular flexibility index (Phi) is 3.86. The molecule has 6 nitrogen and oxygen atoms in total. The van der Waals surface area contributed by atoms with Gasteiger partial charge in [-0.2, -0.15) is 4.98 Å². The fraction of sp³-hybridized carbons (Fsp3) is 0.417. The molecule has 2 aromatic heterocycles. The number of halogens is 1. The predicted octanol–water partition coefficient (Wildman–Crippen LogP) is 2.47. The van der Waals surface area contributed by atoms with E-state index >= 15 is 0 Å². The van der Waals surface area contributed by atoms with Crippen LogP contribution in [0.25, 0.3) is 10.7 Å². The summed E-state index contributed by atoms with van der Waals surface area (Å²) in [5.74, 6) is 0.0769. The van der Waals surface area contributed by atoms with Gasteiger partial charge in [0.15, 0.2) is 0 Å². The first-order valence-electron chi connectivity index (χ1n) is 6.15. The van der Waals surface area contributed by atoms with E-state index in [4.69, 9.17) is 9.63 Å². The molecule has 3 rings (SSSR count). The van der Waals surface area contributed by atoms with E-state index in [2.05, 4.69) is 26.1 Å². The molecule has 1 aliphatic heterocycles. The molecule has 1 saturated heterocycles. The van der Waals surface area contributed by atoms with Crippen molar-refractivity contribution in [3.8, 4) is 10.7 Å². The lowest BCUT2D eigenvalue weighted by molar-refractivity contribution is -0.141. The number of aliphatic carboxylic acids is 1. The van der Waals surface area contributed by atoms with E-state index in [-0.39, 0.29) is 5.92 Å². The van der Waals surface area contributed by atoms with Crippen molar-refractivity contribution in [2.45, 2.75) is 13.0 Å². The molecule has 2 aromatic rings. The first-order chi connectivity index (χ1) is 9.61. The molecule has 1 aliphatic rings. The molecule has 8 heteroatoms. The molecule has 20 heavy (non-hydrogen) atoms. The Hall–Kier alpha value is -1.25. The van der Waals surface area contributed by atoms with Crippen molar-refractivity contribution >= 4 is 33.2 Å². The Labute approximate surface area is 127 Å². The van der Waals surface area contributed by atoms with Crippen molar-refractivity contribution in [1.29, 1.82) is 0 Å². The molecule has 106 valence electrons. The third-order valence-electron chi connectivity index (χ3n) is 3.24. The zero-order chi connectivity index (χ0) is 14.1. The van der Waals surface area contributed by atoms with Gasteiger partial charge in [-0.15, -0.1) is 11.3 Å². The molecule has 0 saturated carbocycles. The van der Waals surface area contributed by atoms with Crippen LogP contribution < -0.4 is 0 Å². The highest BCUT2D eigenvalue weighted by atomic mass is 79.9. The van der Waals surface area contributed by atoms with Crippen LogP contribution in [0.1, 0.15) is 12.3 Å². The van der Waals surface area contributed by atoms with Crippen molar-refractivity contribution < 1.29 is 14.4 Å². The van der Waals surface area contributed by atoms with Crippen LogP contribution in [0.2, 0.25) is 0 Å². The van der Waals surface area contributed by atoms with E-state index in [0.717, 1.165) is 15.2 Å². The molecule has 1 fully saturated rings. The molecule has 0 amide bonds. The van der Waals surface area contributed by atoms with E-state index in [1.165, 1.54) is 0 Å². The van der Waals surface area contributed by atoms with Gasteiger partial charge in [0.25, 0.3) is 0 Å². The fourth-order valence-corrected chi connectivity index (χ4v) is 3.53. The van der Waals surface area contributed by atoms with Gasteiger partial charge in [0.2, 0.25) is 11.7 Å². The summed E-state index contributed by atoms with van der Waals surface area (Å²) in [4.78, 5) is 18.2. The van der Waals surface area contributed by atoms with Gasteiger partial charge in [-0.05, 0) is 41.0 Å². The Morgan fingerprint density at radius 3 is 3.10 bits per heavy atom. The quantitative estimate of drug-likeness (QED) is 0.905. The zero-order valence-corrected chi connectivity index (χ0v) is 12.9. The van der Waals surface area contributed by atoms with Gasteiger partial charge >= 0.3 is 5.97 Å². The number of nitrogens with zero attached hydrogens (tertiary/aromatic N) is 3. The lowest BCUT2D eigenvalue weighted by Crippen LogP contribution is -2.22. The molecule has 0 aromatic carbocycles. The molecule has 1 atom stereocenters. The van der Waals surface area contributed by atoms with Gasteiger partial charge in [-0.25, -0.2) is 0 Å². The van der Waals surface area contributed by atoms with Gasteiger partial charge in [-0.3, -0.25) is 9.69 Å². The fourth-order valence-electron chi connectivity index (χ4n) is 2.22. The van der Waals surface area contributed by atoms with E-state index in [1.54, 1.807) is 11.3 Å². The number of hydrogen-bond acceptors (Lipinski definition) is 6. The van der Waals surface area contributed by atoms with Crippen molar-refractivity contribution in [3.05, 3.63) is 21.8 Å². The van der Waals surface area contributed by atoms with Crippen LogP contribution in [0, 0.1) is 5.92 Å². The monoisotopic (exact) mass is 357 g/mol. The maximum Gasteiger partial charge on any atom is 0.307 e. The first kappa shape index (κ1) is 13.7. The zero-order valence-electron chi connectivity index (χ0n) is 10.5. The molecule has 3 heterocycles. The Morgan fingerprint density at radius 1 is 1.60 bits per heavy atom. The number of thiophene rings is 1. The third kappa shape index (κ3) is 2.92. The van der Waals surface area contributed by atoms with Crippen molar-refractivity contribution in [3.63, 3.8) is 0 Å². The summed E-state index contributed by atoms with van der Waals surface area (Å²) in [5.41, 5.74) is 0. The molecular weight excluding hydrogens is 346 g/mol. The largest absolute Gasteiger partial charge is 0.481 e. The standard InChI is InChI=1S/C12H12BrN3O3S/c13-9-2-1-8(20-9)11-14-10(19-15-11)6-16-4-3-7(5-16)12(17)18/h1-2,7H,3-6H2,(H,17,18). The normalized spacial score (nSPS) is 19.6. The number of aromatic nitrogens is 2. The van der Waals surface area contributed by atoms with Gasteiger partial charge < -0.3 is 9.63 Å². The van der Waals surface area contributed by atoms with Crippen LogP contribution in [0.5, 0.6) is 0 Å². The van der Waals surface area contributed by atoms with Crippen LogP contribution in [0.4, 0.5) is 0 Å². The molecule has 0 spiro atoms. The summed E-state index contributed by atoms with van der Waals surface area (Å²) in [5, 5.41) is 12.9. The summed E-state index contributed by atoms with van der Waals surface area (Å²) >= 11 is 4.94. The molecule has 1 N–H and O–H groups in total. The minimum absolute atomic E-state index is 0.286. The molecule has 0 bridgehead atoms. The van der Waals surface area contributed by atoms with Gasteiger partial charge in [0, 0.05) is 6.54 Å². The third-order valence-corrected chi connectivity index (χ3v) is 4.86. The average molecular weight is 358 g/mol. The highest BCUT2D eigenvalue weighted by Crippen LogP contribution is 2.29. The number of carboxylic acid groups (broad SMARTS) is 1. The minimum Gasteiger partial charge on any atom is -0.481 e. The minimum atomic E-state index is -0.734. The summed E-state index contributed by atoms with van der Waals surface area (Å²) in [7, 11) is 0. The van der Waals surface area contributed by atoms with Gasteiger partial charge in [0.1, 0.15) is 0 Å². The average Bonchev–Trinajstić information content (AvgIpc) is 3.09. The highest BCUT2D eigenvalue weighted by molar-refractivity contribution is 9.11. The highest BCUT2D eigenvalue weighted by Gasteiger charge is 2.28. The second-order valence-corrected chi connectivity index (χ2v) is 7.14. The topological polar surface area (TPSA) is 79.5 Å². The first-order valence-corrected chi connectivity index (χ1v) is 7.76. The lowest BCUT2D eigenvalue weighted by atomic mass is 10.1. The van der Waals surface area contributed by atoms with Crippen molar-refractivity contribution in [1.82, 2.24) is 15.0 Å². The number of carbonyl (C=O) groups is 1. The second kappa shape index (κ2) is 5.63. The van der Waals surface area contributed by atoms with E-state index < -0.39 is 5.97 Å². The maximum atomic E-state index is 10.9. The van der Waals surface area contributed by atoms with Crippen LogP contribution >= 0.6 is 27.3 Å². The summed E-state index contributed by atoms with van der Waals surface area (Å²) in [6.07, 6.45) is 0.675. The summed E-state index contributed by atoms with van der Waals surface area (Å²) in [6, 6.07) is 3.87. The number of hydrogen-bond donors (Lipinski definition) is 1. The van der Waals surface area contributed by atoms with E-state index in [0.29, 0.717) is 31.2 Å². The van der Waals surface area contributed by atoms with Crippen LogP contribution in [-0.2, 0) is 11.3 Å².